The molecule has 0 aromatic heterocycles. The fourth-order valence-corrected chi connectivity index (χ4v) is 3.22. The maximum atomic E-state index is 6.11. The third-order valence-electron chi connectivity index (χ3n) is 4.15. The van der Waals surface area contributed by atoms with E-state index in [2.05, 4.69) is 11.2 Å². The normalized spacial score (nSPS) is 19.2. The molecular weight excluding hydrogens is 335 g/mol. The van der Waals surface area contributed by atoms with E-state index in [1.807, 2.05) is 36.3 Å². The van der Waals surface area contributed by atoms with Gasteiger partial charge in [0.1, 0.15) is 0 Å². The van der Waals surface area contributed by atoms with Crippen LogP contribution in [0.3, 0.4) is 0 Å². The number of ether oxygens (including phenoxy) is 2. The van der Waals surface area contributed by atoms with Gasteiger partial charge in [-0.15, -0.1) is 0 Å². The first-order valence-corrected chi connectivity index (χ1v) is 8.03. The van der Waals surface area contributed by atoms with Crippen LogP contribution >= 0.6 is 23.2 Å². The summed E-state index contributed by atoms with van der Waals surface area (Å²) >= 11 is 12.1. The van der Waals surface area contributed by atoms with Gasteiger partial charge in [-0.05, 0) is 35.4 Å². The summed E-state index contributed by atoms with van der Waals surface area (Å²) < 4.78 is 10.8. The highest BCUT2D eigenvalue weighted by Crippen LogP contribution is 2.38. The minimum absolute atomic E-state index is 0.161. The third-order valence-corrected chi connectivity index (χ3v) is 4.89. The number of hydrogen-bond acceptors (Lipinski definition) is 4. The van der Waals surface area contributed by atoms with Crippen LogP contribution in [0.25, 0.3) is 0 Å². The van der Waals surface area contributed by atoms with Gasteiger partial charge in [0.2, 0.25) is 6.79 Å². The Morgan fingerprint density at radius 3 is 2.70 bits per heavy atom. The minimum atomic E-state index is 0.161. The monoisotopic (exact) mass is 348 g/mol. The van der Waals surface area contributed by atoms with E-state index >= 15 is 0 Å². The number of halogens is 2. The van der Waals surface area contributed by atoms with E-state index in [4.69, 9.17) is 32.7 Å². The maximum Gasteiger partial charge on any atom is 0.231 e. The van der Waals surface area contributed by atoms with Crippen LogP contribution in [0.15, 0.2) is 41.5 Å². The second-order valence-corrected chi connectivity index (χ2v) is 6.40. The second-order valence-electron chi connectivity index (χ2n) is 5.58. The SMILES string of the molecule is CN1N=C(c2ccc(Cl)c(Cl)c2)C[C@H]1c1ccc2c(c1)OCO2. The number of fused-ring (bicyclic) bond motifs is 1. The molecule has 0 amide bonds. The third kappa shape index (κ3) is 2.62. The fraction of sp³-hybridized carbons (Fsp3) is 0.235. The lowest BCUT2D eigenvalue weighted by Gasteiger charge is -2.19. The highest BCUT2D eigenvalue weighted by Gasteiger charge is 2.28. The number of nitrogens with zero attached hydrogens (tertiary/aromatic N) is 2. The number of rotatable bonds is 2. The van der Waals surface area contributed by atoms with Crippen LogP contribution in [0.5, 0.6) is 11.5 Å². The molecule has 4 nitrogen and oxygen atoms in total. The molecule has 0 saturated heterocycles. The van der Waals surface area contributed by atoms with Crippen LogP contribution < -0.4 is 9.47 Å². The summed E-state index contributed by atoms with van der Waals surface area (Å²) in [5.41, 5.74) is 3.14. The average molecular weight is 349 g/mol. The summed E-state index contributed by atoms with van der Waals surface area (Å²) in [7, 11) is 1.97. The van der Waals surface area contributed by atoms with Gasteiger partial charge < -0.3 is 9.47 Å². The highest BCUT2D eigenvalue weighted by atomic mass is 35.5. The van der Waals surface area contributed by atoms with Crippen molar-refractivity contribution < 1.29 is 9.47 Å². The molecule has 0 radical (unpaired) electrons. The lowest BCUT2D eigenvalue weighted by Crippen LogP contribution is -2.13. The molecule has 2 aromatic carbocycles. The fourth-order valence-electron chi connectivity index (χ4n) is 2.92. The molecule has 2 aliphatic rings. The van der Waals surface area contributed by atoms with Crippen molar-refractivity contribution in [2.75, 3.05) is 13.8 Å². The van der Waals surface area contributed by atoms with Crippen molar-refractivity contribution in [3.05, 3.63) is 57.6 Å². The highest BCUT2D eigenvalue weighted by molar-refractivity contribution is 6.42. The molecule has 2 heterocycles. The van der Waals surface area contributed by atoms with E-state index in [1.165, 1.54) is 0 Å². The Morgan fingerprint density at radius 2 is 1.87 bits per heavy atom. The molecule has 2 aromatic rings. The molecule has 23 heavy (non-hydrogen) atoms. The Hall–Kier alpha value is -1.91. The van der Waals surface area contributed by atoms with Crippen molar-refractivity contribution in [2.45, 2.75) is 12.5 Å². The van der Waals surface area contributed by atoms with E-state index in [9.17, 15) is 0 Å². The topological polar surface area (TPSA) is 34.1 Å². The summed E-state index contributed by atoms with van der Waals surface area (Å²) in [5.74, 6) is 1.58. The number of hydrogen-bond donors (Lipinski definition) is 0. The Bertz CT molecular complexity index is 807. The van der Waals surface area contributed by atoms with E-state index in [-0.39, 0.29) is 12.8 Å². The van der Waals surface area contributed by atoms with Crippen LogP contribution in [0, 0.1) is 0 Å². The standard InChI is InChI=1S/C17H14Cl2N2O2/c1-21-15(11-3-5-16-17(7-11)23-9-22-16)8-14(20-21)10-2-4-12(18)13(19)6-10/h2-7,15H,8-9H2,1H3/t15-/m0/s1. The van der Waals surface area contributed by atoms with Gasteiger partial charge >= 0.3 is 0 Å². The Morgan fingerprint density at radius 1 is 1.04 bits per heavy atom. The molecule has 0 spiro atoms. The molecule has 6 heteroatoms. The summed E-state index contributed by atoms with van der Waals surface area (Å²) in [6.07, 6.45) is 0.800. The van der Waals surface area contributed by atoms with Crippen LogP contribution in [-0.4, -0.2) is 24.6 Å². The Labute approximate surface area is 144 Å². The first-order valence-electron chi connectivity index (χ1n) is 7.27. The van der Waals surface area contributed by atoms with Gasteiger partial charge in [0.05, 0.1) is 21.8 Å². The van der Waals surface area contributed by atoms with E-state index in [0.717, 1.165) is 34.8 Å². The molecule has 1 atom stereocenters. The van der Waals surface area contributed by atoms with Gasteiger partial charge in [0.15, 0.2) is 11.5 Å². The zero-order valence-electron chi connectivity index (χ0n) is 12.4. The molecule has 118 valence electrons. The Balaban J connectivity index is 1.60. The van der Waals surface area contributed by atoms with Crippen LogP contribution in [0.2, 0.25) is 10.0 Å². The molecule has 0 fully saturated rings. The molecular formula is C17H14Cl2N2O2. The first-order chi connectivity index (χ1) is 11.1. The van der Waals surface area contributed by atoms with Gasteiger partial charge in [-0.25, -0.2) is 0 Å². The largest absolute Gasteiger partial charge is 0.454 e. The second kappa shape index (κ2) is 5.62. The molecule has 0 saturated carbocycles. The summed E-state index contributed by atoms with van der Waals surface area (Å²) in [6, 6.07) is 11.8. The smallest absolute Gasteiger partial charge is 0.231 e. The molecule has 0 bridgehead atoms. The molecule has 0 unspecified atom stereocenters. The van der Waals surface area contributed by atoms with Crippen molar-refractivity contribution in [3.63, 3.8) is 0 Å². The van der Waals surface area contributed by atoms with Gasteiger partial charge in [-0.2, -0.15) is 5.10 Å². The summed E-state index contributed by atoms with van der Waals surface area (Å²) in [4.78, 5) is 0. The number of hydrazone groups is 1. The van der Waals surface area contributed by atoms with Gasteiger partial charge in [0.25, 0.3) is 0 Å². The average Bonchev–Trinajstić information content (AvgIpc) is 3.15. The van der Waals surface area contributed by atoms with Crippen molar-refractivity contribution in [3.8, 4) is 11.5 Å². The van der Waals surface area contributed by atoms with Crippen LogP contribution in [0.1, 0.15) is 23.6 Å². The van der Waals surface area contributed by atoms with E-state index in [0.29, 0.717) is 10.0 Å². The summed E-state index contributed by atoms with van der Waals surface area (Å²) in [6.45, 7) is 0.282. The van der Waals surface area contributed by atoms with Gasteiger partial charge in [0, 0.05) is 13.5 Å². The molecule has 0 aliphatic carbocycles. The summed E-state index contributed by atoms with van der Waals surface area (Å²) in [5, 5.41) is 7.72. The van der Waals surface area contributed by atoms with Crippen LogP contribution in [0.4, 0.5) is 0 Å². The Kier molecular flexibility index (Phi) is 3.58. The lowest BCUT2D eigenvalue weighted by molar-refractivity contribution is 0.174. The van der Waals surface area contributed by atoms with Crippen LogP contribution in [-0.2, 0) is 0 Å². The zero-order chi connectivity index (χ0) is 16.0. The molecule has 2 aliphatic heterocycles. The first kappa shape index (κ1) is 14.7. The zero-order valence-corrected chi connectivity index (χ0v) is 13.9. The van der Waals surface area contributed by atoms with Crippen molar-refractivity contribution in [1.29, 1.82) is 0 Å². The quantitative estimate of drug-likeness (QED) is 0.800. The molecule has 4 rings (SSSR count). The van der Waals surface area contributed by atoms with E-state index < -0.39 is 0 Å². The van der Waals surface area contributed by atoms with Gasteiger partial charge in [-0.1, -0.05) is 35.3 Å². The predicted molar refractivity (Wildman–Crippen MR) is 90.7 cm³/mol. The lowest BCUT2D eigenvalue weighted by atomic mass is 9.98. The van der Waals surface area contributed by atoms with Gasteiger partial charge in [-0.3, -0.25) is 5.01 Å². The number of benzene rings is 2. The van der Waals surface area contributed by atoms with Crippen molar-refractivity contribution in [2.24, 2.45) is 5.10 Å². The van der Waals surface area contributed by atoms with Crippen molar-refractivity contribution >= 4 is 28.9 Å². The van der Waals surface area contributed by atoms with Crippen molar-refractivity contribution in [1.82, 2.24) is 5.01 Å². The van der Waals surface area contributed by atoms with E-state index in [1.54, 1.807) is 6.07 Å². The predicted octanol–water partition coefficient (Wildman–Crippen LogP) is 4.50. The molecule has 0 N–H and O–H groups in total. The maximum absolute atomic E-state index is 6.11. The minimum Gasteiger partial charge on any atom is -0.454 e.